The van der Waals surface area contributed by atoms with Crippen molar-refractivity contribution in [2.75, 3.05) is 19.0 Å². The van der Waals surface area contributed by atoms with Crippen molar-refractivity contribution in [3.05, 3.63) is 63.0 Å². The van der Waals surface area contributed by atoms with Crippen LogP contribution in [0.5, 0.6) is 0 Å². The van der Waals surface area contributed by atoms with Gasteiger partial charge in [0.15, 0.2) is 5.17 Å². The van der Waals surface area contributed by atoms with Crippen molar-refractivity contribution in [2.45, 2.75) is 11.8 Å². The van der Waals surface area contributed by atoms with E-state index in [0.29, 0.717) is 15.1 Å². The molecule has 0 radical (unpaired) electrons. The number of amides is 1. The molecule has 0 aliphatic carbocycles. The third-order valence-electron chi connectivity index (χ3n) is 4.23. The molecule has 26 heavy (non-hydrogen) atoms. The van der Waals surface area contributed by atoms with Crippen LogP contribution in [0.3, 0.4) is 0 Å². The molecule has 0 aromatic heterocycles. The van der Waals surface area contributed by atoms with Crippen LogP contribution in [0, 0.1) is 6.92 Å². The van der Waals surface area contributed by atoms with Crippen LogP contribution in [0.4, 0.5) is 11.4 Å². The zero-order chi connectivity index (χ0) is 18.4. The molecule has 4 nitrogen and oxygen atoms in total. The van der Waals surface area contributed by atoms with Gasteiger partial charge in [-0.25, -0.2) is 4.99 Å². The molecule has 4 rings (SSSR count). The summed E-state index contributed by atoms with van der Waals surface area (Å²) in [5.41, 5.74) is 3.04. The number of amidine groups is 1. The van der Waals surface area contributed by atoms with Crippen molar-refractivity contribution in [2.24, 2.45) is 4.99 Å². The smallest absolute Gasteiger partial charge is 0.269 e. The van der Waals surface area contributed by atoms with E-state index in [9.17, 15) is 4.79 Å². The Bertz CT molecular complexity index is 969. The molecule has 132 valence electrons. The van der Waals surface area contributed by atoms with Crippen LogP contribution < -0.4 is 4.90 Å². The summed E-state index contributed by atoms with van der Waals surface area (Å²) in [5, 5.41) is 2.29. The summed E-state index contributed by atoms with van der Waals surface area (Å²) < 4.78 is 0. The molecule has 1 amide bonds. The highest BCUT2D eigenvalue weighted by Crippen LogP contribution is 2.50. The molecule has 0 atom stereocenters. The number of hydrogen-bond acceptors (Lipinski definition) is 5. The number of nitrogens with zero attached hydrogens (tertiary/aromatic N) is 3. The van der Waals surface area contributed by atoms with Crippen LogP contribution in [0.1, 0.15) is 5.56 Å². The van der Waals surface area contributed by atoms with Crippen LogP contribution >= 0.6 is 35.1 Å². The number of rotatable bonds is 1. The molecule has 0 saturated carbocycles. The van der Waals surface area contributed by atoms with Gasteiger partial charge in [0.05, 0.1) is 16.4 Å². The first-order valence-electron chi connectivity index (χ1n) is 8.01. The monoisotopic (exact) mass is 401 g/mol. The van der Waals surface area contributed by atoms with E-state index >= 15 is 0 Å². The van der Waals surface area contributed by atoms with E-state index in [1.165, 1.54) is 17.3 Å². The SMILES string of the molecule is Cc1ccc(N=C2SC(=C3Sc4ccc(Cl)cc4N3C)C(=O)N2C)cc1. The fraction of sp³-hybridized carbons (Fsp3) is 0.158. The number of benzene rings is 2. The Labute approximate surface area is 165 Å². The van der Waals surface area contributed by atoms with Crippen molar-refractivity contribution in [3.8, 4) is 0 Å². The number of aryl methyl sites for hydroxylation is 1. The Morgan fingerprint density at radius 1 is 1.00 bits per heavy atom. The lowest BCUT2D eigenvalue weighted by Gasteiger charge is -2.14. The van der Waals surface area contributed by atoms with E-state index in [1.807, 2.05) is 61.3 Å². The van der Waals surface area contributed by atoms with Crippen LogP contribution in [0.25, 0.3) is 0 Å². The summed E-state index contributed by atoms with van der Waals surface area (Å²) >= 11 is 9.12. The highest BCUT2D eigenvalue weighted by Gasteiger charge is 2.37. The van der Waals surface area contributed by atoms with Gasteiger partial charge in [-0.15, -0.1) is 0 Å². The van der Waals surface area contributed by atoms with Crippen LogP contribution in [0.2, 0.25) is 5.02 Å². The van der Waals surface area contributed by atoms with Gasteiger partial charge >= 0.3 is 0 Å². The normalized spacial score (nSPS) is 21.1. The van der Waals surface area contributed by atoms with Crippen molar-refractivity contribution >= 4 is 57.6 Å². The Kier molecular flexibility index (Phi) is 4.50. The summed E-state index contributed by atoms with van der Waals surface area (Å²) in [6, 6.07) is 13.7. The predicted octanol–water partition coefficient (Wildman–Crippen LogP) is 5.25. The van der Waals surface area contributed by atoms with Crippen molar-refractivity contribution in [1.29, 1.82) is 0 Å². The van der Waals surface area contributed by atoms with E-state index in [-0.39, 0.29) is 5.91 Å². The second kappa shape index (κ2) is 6.68. The van der Waals surface area contributed by atoms with Gasteiger partial charge in [-0.2, -0.15) is 0 Å². The first-order valence-corrected chi connectivity index (χ1v) is 10.0. The molecule has 1 saturated heterocycles. The minimum atomic E-state index is -0.0332. The molecule has 2 aliphatic rings. The lowest BCUT2D eigenvalue weighted by Crippen LogP contribution is -2.24. The van der Waals surface area contributed by atoms with Gasteiger partial charge in [0, 0.05) is 24.0 Å². The largest absolute Gasteiger partial charge is 0.337 e. The summed E-state index contributed by atoms with van der Waals surface area (Å²) in [6.45, 7) is 2.04. The number of likely N-dealkylation sites (N-methyl/N-ethyl adjacent to an activating group) is 1. The summed E-state index contributed by atoms with van der Waals surface area (Å²) in [7, 11) is 3.72. The fourth-order valence-corrected chi connectivity index (χ4v) is 5.20. The molecule has 7 heteroatoms. The average molecular weight is 402 g/mol. The molecular formula is C19H16ClN3OS2. The third kappa shape index (κ3) is 3.02. The second-order valence-corrected chi connectivity index (χ2v) is 8.55. The van der Waals surface area contributed by atoms with E-state index in [2.05, 4.69) is 4.99 Å². The van der Waals surface area contributed by atoms with E-state index < -0.39 is 0 Å². The molecule has 2 aliphatic heterocycles. The number of anilines is 1. The highest BCUT2D eigenvalue weighted by atomic mass is 35.5. The van der Waals surface area contributed by atoms with Gasteiger partial charge in [-0.3, -0.25) is 9.69 Å². The van der Waals surface area contributed by atoms with E-state index in [1.54, 1.807) is 23.7 Å². The molecule has 0 N–H and O–H groups in total. The molecule has 1 fully saturated rings. The second-order valence-electron chi connectivity index (χ2n) is 6.10. The maximum Gasteiger partial charge on any atom is 0.269 e. The summed E-state index contributed by atoms with van der Waals surface area (Å²) in [5.74, 6) is -0.0332. The zero-order valence-electron chi connectivity index (χ0n) is 14.5. The number of carbonyl (C=O) groups is 1. The standard InChI is InChI=1S/C19H16ClN3OS2/c1-11-4-7-13(8-5-11)21-19-23(3)17(24)16(26-19)18-22(2)14-10-12(20)6-9-15(14)25-18/h4-10H,1-3H3. The van der Waals surface area contributed by atoms with Gasteiger partial charge in [0.1, 0.15) is 4.91 Å². The van der Waals surface area contributed by atoms with E-state index in [0.717, 1.165) is 21.3 Å². The van der Waals surface area contributed by atoms with Gasteiger partial charge in [0.2, 0.25) is 0 Å². The Hall–Kier alpha value is -1.89. The Morgan fingerprint density at radius 3 is 2.46 bits per heavy atom. The first kappa shape index (κ1) is 17.5. The van der Waals surface area contributed by atoms with Gasteiger partial charge in [-0.1, -0.05) is 41.1 Å². The summed E-state index contributed by atoms with van der Waals surface area (Å²) in [4.78, 5) is 22.9. The molecule has 2 aromatic rings. The van der Waals surface area contributed by atoms with Crippen molar-refractivity contribution < 1.29 is 4.79 Å². The molecular weight excluding hydrogens is 386 g/mol. The van der Waals surface area contributed by atoms with Crippen molar-refractivity contribution in [3.63, 3.8) is 0 Å². The van der Waals surface area contributed by atoms with Crippen molar-refractivity contribution in [1.82, 2.24) is 4.90 Å². The topological polar surface area (TPSA) is 35.9 Å². The van der Waals surface area contributed by atoms with Crippen LogP contribution in [-0.2, 0) is 4.79 Å². The van der Waals surface area contributed by atoms with Crippen LogP contribution in [-0.4, -0.2) is 30.1 Å². The first-order chi connectivity index (χ1) is 12.4. The molecule has 2 aromatic carbocycles. The zero-order valence-corrected chi connectivity index (χ0v) is 16.9. The fourth-order valence-electron chi connectivity index (χ4n) is 2.72. The predicted molar refractivity (Wildman–Crippen MR) is 111 cm³/mol. The lowest BCUT2D eigenvalue weighted by molar-refractivity contribution is -0.121. The number of fused-ring (bicyclic) bond motifs is 1. The van der Waals surface area contributed by atoms with Gasteiger partial charge < -0.3 is 4.90 Å². The minimum absolute atomic E-state index is 0.0332. The Balaban J connectivity index is 1.69. The summed E-state index contributed by atoms with van der Waals surface area (Å²) in [6.07, 6.45) is 0. The lowest BCUT2D eigenvalue weighted by atomic mass is 10.2. The number of halogens is 1. The van der Waals surface area contributed by atoms with E-state index in [4.69, 9.17) is 11.6 Å². The van der Waals surface area contributed by atoms with Gasteiger partial charge in [-0.05, 0) is 49.0 Å². The number of carbonyl (C=O) groups excluding carboxylic acids is 1. The van der Waals surface area contributed by atoms with Crippen LogP contribution in [0.15, 0.2) is 62.3 Å². The average Bonchev–Trinajstić information content (AvgIpc) is 3.08. The molecule has 2 heterocycles. The maximum absolute atomic E-state index is 12.8. The number of aliphatic imine (C=N–C) groups is 1. The number of hydrogen-bond donors (Lipinski definition) is 0. The quantitative estimate of drug-likeness (QED) is 0.611. The van der Waals surface area contributed by atoms with Gasteiger partial charge in [0.25, 0.3) is 5.91 Å². The Morgan fingerprint density at radius 2 is 1.73 bits per heavy atom. The molecule has 0 bridgehead atoms. The number of thioether (sulfide) groups is 2. The maximum atomic E-state index is 12.8. The molecule has 0 spiro atoms. The highest BCUT2D eigenvalue weighted by molar-refractivity contribution is 8.19. The minimum Gasteiger partial charge on any atom is -0.337 e. The molecule has 0 unspecified atom stereocenters. The third-order valence-corrected chi connectivity index (χ3v) is 6.95.